The number of hydrogen-bond donors (Lipinski definition) is 1. The number of hydrogen-bond acceptors (Lipinski definition) is 4. The van der Waals surface area contributed by atoms with E-state index in [0.29, 0.717) is 0 Å². The van der Waals surface area contributed by atoms with Crippen molar-refractivity contribution < 1.29 is 4.90 Å². The summed E-state index contributed by atoms with van der Waals surface area (Å²) in [5.74, 6) is 0.990. The van der Waals surface area contributed by atoms with E-state index in [0.717, 1.165) is 59.3 Å². The number of thioether (sulfide) groups is 1. The van der Waals surface area contributed by atoms with E-state index in [4.69, 9.17) is 4.98 Å². The molecule has 4 aromatic rings. The molecule has 0 saturated carbocycles. The lowest BCUT2D eigenvalue weighted by Gasteiger charge is -2.24. The van der Waals surface area contributed by atoms with Gasteiger partial charge in [-0.25, -0.2) is 4.98 Å². The number of benzene rings is 2. The van der Waals surface area contributed by atoms with Crippen molar-refractivity contribution in [1.82, 2.24) is 9.55 Å². The molecule has 5 rings (SSSR count). The molecule has 0 bridgehead atoms. The molecule has 0 saturated heterocycles. The molecule has 1 unspecified atom stereocenters. The Hall–Kier alpha value is -2.41. The summed E-state index contributed by atoms with van der Waals surface area (Å²) in [6, 6.07) is 19.0. The smallest absolute Gasteiger partial charge is 0.267 e. The number of unbranched alkanes of at least 4 members (excludes halogenated alkanes) is 3. The van der Waals surface area contributed by atoms with E-state index in [2.05, 4.69) is 68.4 Å². The first-order valence-electron chi connectivity index (χ1n) is 12.8. The van der Waals surface area contributed by atoms with Crippen LogP contribution in [0.25, 0.3) is 15.9 Å². The third kappa shape index (κ3) is 5.40. The summed E-state index contributed by atoms with van der Waals surface area (Å²) in [5, 5.41) is 1.68. The Labute approximate surface area is 216 Å². The van der Waals surface area contributed by atoms with E-state index in [1.807, 2.05) is 4.57 Å². The SMILES string of the molecule is CCCCCCSc1nc2sc3c(c2c(=O)n1-c1ccc(C)cc1)CC[NH+](Cc1ccccc1)C3. The number of aryl methyl sites for hydroxylation is 1. The lowest BCUT2D eigenvalue weighted by molar-refractivity contribution is -0.929. The van der Waals surface area contributed by atoms with Gasteiger partial charge in [0.05, 0.1) is 22.5 Å². The highest BCUT2D eigenvalue weighted by Crippen LogP contribution is 2.32. The van der Waals surface area contributed by atoms with Crippen LogP contribution in [0, 0.1) is 6.92 Å². The molecule has 182 valence electrons. The largest absolute Gasteiger partial charge is 0.326 e. The van der Waals surface area contributed by atoms with Crippen LogP contribution in [0.5, 0.6) is 0 Å². The van der Waals surface area contributed by atoms with Crippen LogP contribution >= 0.6 is 23.1 Å². The van der Waals surface area contributed by atoms with Gasteiger partial charge in [0.2, 0.25) is 0 Å². The zero-order valence-electron chi connectivity index (χ0n) is 20.7. The van der Waals surface area contributed by atoms with Gasteiger partial charge in [0.1, 0.15) is 17.9 Å². The van der Waals surface area contributed by atoms with Gasteiger partial charge in [-0.2, -0.15) is 0 Å². The zero-order chi connectivity index (χ0) is 24.2. The second-order valence-corrected chi connectivity index (χ2v) is 11.7. The fourth-order valence-corrected chi connectivity index (χ4v) is 7.25. The second-order valence-electron chi connectivity index (χ2n) is 9.55. The minimum atomic E-state index is 0.0962. The van der Waals surface area contributed by atoms with E-state index in [1.54, 1.807) is 28.0 Å². The number of quaternary nitrogens is 1. The summed E-state index contributed by atoms with van der Waals surface area (Å²) < 4.78 is 1.86. The normalized spacial score (nSPS) is 15.4. The Morgan fingerprint density at radius 1 is 1.06 bits per heavy atom. The van der Waals surface area contributed by atoms with Gasteiger partial charge in [-0.1, -0.05) is 86.0 Å². The van der Waals surface area contributed by atoms with Crippen LogP contribution in [0.3, 0.4) is 0 Å². The van der Waals surface area contributed by atoms with Crippen LogP contribution in [0.4, 0.5) is 0 Å². The topological polar surface area (TPSA) is 39.3 Å². The fourth-order valence-electron chi connectivity index (χ4n) is 4.90. The Morgan fingerprint density at radius 2 is 1.86 bits per heavy atom. The second kappa shape index (κ2) is 11.1. The monoisotopic (exact) mass is 504 g/mol. The molecule has 2 aromatic carbocycles. The molecule has 0 aliphatic carbocycles. The van der Waals surface area contributed by atoms with Crippen LogP contribution in [-0.4, -0.2) is 21.8 Å². The summed E-state index contributed by atoms with van der Waals surface area (Å²) in [6.07, 6.45) is 5.81. The van der Waals surface area contributed by atoms with Crippen LogP contribution in [0.15, 0.2) is 64.5 Å². The molecule has 1 N–H and O–H groups in total. The fraction of sp³-hybridized carbons (Fsp3) is 0.379. The highest BCUT2D eigenvalue weighted by molar-refractivity contribution is 7.99. The number of aromatic nitrogens is 2. The molecule has 0 spiro atoms. The minimum absolute atomic E-state index is 0.0962. The first-order valence-corrected chi connectivity index (χ1v) is 14.6. The van der Waals surface area contributed by atoms with E-state index in [-0.39, 0.29) is 5.56 Å². The van der Waals surface area contributed by atoms with Crippen LogP contribution in [0.2, 0.25) is 0 Å². The number of thiophene rings is 1. The molecule has 6 heteroatoms. The van der Waals surface area contributed by atoms with E-state index < -0.39 is 0 Å². The number of fused-ring (bicyclic) bond motifs is 3. The minimum Gasteiger partial charge on any atom is -0.326 e. The van der Waals surface area contributed by atoms with Gasteiger partial charge in [-0.05, 0) is 31.0 Å². The molecule has 3 heterocycles. The summed E-state index contributed by atoms with van der Waals surface area (Å²) >= 11 is 3.46. The summed E-state index contributed by atoms with van der Waals surface area (Å²) in [6.45, 7) is 7.35. The molecule has 35 heavy (non-hydrogen) atoms. The van der Waals surface area contributed by atoms with Gasteiger partial charge in [0.25, 0.3) is 5.56 Å². The molecule has 1 aliphatic rings. The van der Waals surface area contributed by atoms with Crippen molar-refractivity contribution >= 4 is 33.3 Å². The predicted molar refractivity (Wildman–Crippen MR) is 148 cm³/mol. The highest BCUT2D eigenvalue weighted by atomic mass is 32.2. The molecule has 0 amide bonds. The van der Waals surface area contributed by atoms with Gasteiger partial charge in [0.15, 0.2) is 5.16 Å². The third-order valence-corrected chi connectivity index (χ3v) is 8.99. The maximum Gasteiger partial charge on any atom is 0.267 e. The molecule has 1 atom stereocenters. The van der Waals surface area contributed by atoms with E-state index in [9.17, 15) is 4.79 Å². The highest BCUT2D eigenvalue weighted by Gasteiger charge is 2.27. The first-order chi connectivity index (χ1) is 17.1. The van der Waals surface area contributed by atoms with Crippen LogP contribution < -0.4 is 10.5 Å². The summed E-state index contributed by atoms with van der Waals surface area (Å²) in [5.41, 5.74) is 4.81. The van der Waals surface area contributed by atoms with Crippen LogP contribution in [-0.2, 0) is 19.5 Å². The standard InChI is InChI=1S/C29H33N3OS2/c1-3-4-5-9-18-34-29-30-27-26(28(33)32(29)23-14-12-21(2)13-15-23)24-16-17-31(20-25(24)35-27)19-22-10-7-6-8-11-22/h6-8,10-15H,3-5,9,16-20H2,1-2H3/p+1. The summed E-state index contributed by atoms with van der Waals surface area (Å²) in [7, 11) is 0. The van der Waals surface area contributed by atoms with Gasteiger partial charge in [0, 0.05) is 17.7 Å². The number of nitrogens with one attached hydrogen (secondary N) is 1. The number of nitrogens with zero attached hydrogens (tertiary/aromatic N) is 2. The quantitative estimate of drug-likeness (QED) is 0.184. The van der Waals surface area contributed by atoms with Crippen molar-refractivity contribution in [1.29, 1.82) is 0 Å². The molecular formula is C29H34N3OS2+. The Kier molecular flexibility index (Phi) is 7.71. The van der Waals surface area contributed by atoms with Gasteiger partial charge >= 0.3 is 0 Å². The molecular weight excluding hydrogens is 470 g/mol. The maximum atomic E-state index is 14.0. The summed E-state index contributed by atoms with van der Waals surface area (Å²) in [4.78, 5) is 22.9. The van der Waals surface area contributed by atoms with Gasteiger partial charge in [-0.15, -0.1) is 11.3 Å². The molecule has 0 radical (unpaired) electrons. The van der Waals surface area contributed by atoms with Crippen molar-refractivity contribution in [3.8, 4) is 5.69 Å². The van der Waals surface area contributed by atoms with Gasteiger partial charge < -0.3 is 4.90 Å². The average molecular weight is 505 g/mol. The molecule has 2 aromatic heterocycles. The number of rotatable bonds is 9. The van der Waals surface area contributed by atoms with Gasteiger partial charge in [-0.3, -0.25) is 9.36 Å². The van der Waals surface area contributed by atoms with Crippen molar-refractivity contribution in [2.45, 2.75) is 64.2 Å². The maximum absolute atomic E-state index is 14.0. The van der Waals surface area contributed by atoms with Crippen molar-refractivity contribution in [2.75, 3.05) is 12.3 Å². The molecule has 1 aliphatic heterocycles. The average Bonchev–Trinajstić information content (AvgIpc) is 3.23. The zero-order valence-corrected chi connectivity index (χ0v) is 22.3. The Morgan fingerprint density at radius 3 is 2.63 bits per heavy atom. The Balaban J connectivity index is 1.50. The van der Waals surface area contributed by atoms with Crippen molar-refractivity contribution in [3.05, 3.63) is 86.5 Å². The predicted octanol–water partition coefficient (Wildman–Crippen LogP) is 5.57. The molecule has 4 nitrogen and oxygen atoms in total. The molecule has 0 fully saturated rings. The van der Waals surface area contributed by atoms with E-state index >= 15 is 0 Å². The Bertz CT molecular complexity index is 1340. The van der Waals surface area contributed by atoms with E-state index in [1.165, 1.54) is 40.8 Å². The van der Waals surface area contributed by atoms with Crippen LogP contribution in [0.1, 0.15) is 54.2 Å². The third-order valence-electron chi connectivity index (χ3n) is 6.83. The first kappa shape index (κ1) is 24.3. The van der Waals surface area contributed by atoms with Crippen molar-refractivity contribution in [2.24, 2.45) is 0 Å². The lowest BCUT2D eigenvalue weighted by atomic mass is 10.0. The lowest BCUT2D eigenvalue weighted by Crippen LogP contribution is -3.10. The van der Waals surface area contributed by atoms with Crippen molar-refractivity contribution in [3.63, 3.8) is 0 Å².